The van der Waals surface area contributed by atoms with Crippen LogP contribution in [0.25, 0.3) is 92.7 Å². The van der Waals surface area contributed by atoms with E-state index < -0.39 is 0 Å². The van der Waals surface area contributed by atoms with E-state index in [-0.39, 0.29) is 6.29 Å². The van der Waals surface area contributed by atoms with E-state index in [2.05, 4.69) is 221 Å². The van der Waals surface area contributed by atoms with Crippen LogP contribution in [-0.2, 0) is 0 Å². The zero-order valence-corrected chi connectivity index (χ0v) is 32.6. The molecule has 12 aromatic rings. The Hall–Kier alpha value is -7.79. The molecule has 0 saturated carbocycles. The molecule has 60 heavy (non-hydrogen) atoms. The molecule has 0 aliphatic carbocycles. The predicted molar refractivity (Wildman–Crippen MR) is 251 cm³/mol. The summed E-state index contributed by atoms with van der Waals surface area (Å²) in [5.41, 5.74) is 10.7. The maximum absolute atomic E-state index is 5.72. The third kappa shape index (κ3) is 4.68. The Bertz CT molecular complexity index is 3730. The predicted octanol–water partition coefficient (Wildman–Crippen LogP) is 13.2. The van der Waals surface area contributed by atoms with E-state index in [1.54, 1.807) is 0 Å². The minimum absolute atomic E-state index is 0.276. The summed E-state index contributed by atoms with van der Waals surface area (Å²) in [5.74, 6) is 1.04. The number of benzene rings is 10. The molecule has 1 N–H and O–H groups in total. The van der Waals surface area contributed by atoms with Gasteiger partial charge in [0.15, 0.2) is 0 Å². The highest BCUT2D eigenvalue weighted by molar-refractivity contribution is 6.25. The molecule has 13 rings (SSSR count). The van der Waals surface area contributed by atoms with Gasteiger partial charge in [0.2, 0.25) is 5.84 Å². The van der Waals surface area contributed by atoms with Crippen molar-refractivity contribution in [3.63, 3.8) is 0 Å². The van der Waals surface area contributed by atoms with Crippen LogP contribution in [0.5, 0.6) is 0 Å². The standard InChI is InChI=1S/C56H36N4/c1-2-17-37(18-3-1)41-24-10-13-30-47(41)60-55(44-29-16-22-36-19-4-7-23-40(36)44)57-56(60)59-49-32-15-12-28-46(49)53-51(59)35-39-21-6-9-26-43(39)54(53)58-48-31-14-11-27-45(48)52-42-25-8-5-20-38(42)33-34-50(52)58/h1-35,56H/p+1. The van der Waals surface area contributed by atoms with Crippen molar-refractivity contribution in [1.29, 1.82) is 0 Å². The van der Waals surface area contributed by atoms with Crippen LogP contribution in [0, 0.1) is 0 Å². The smallest absolute Gasteiger partial charge is 0.282 e. The van der Waals surface area contributed by atoms with Gasteiger partial charge in [-0.2, -0.15) is 4.99 Å². The maximum Gasteiger partial charge on any atom is 0.282 e. The number of hydrogen-bond acceptors (Lipinski definition) is 1. The summed E-state index contributed by atoms with van der Waals surface area (Å²) >= 11 is 0. The Morgan fingerprint density at radius 2 is 0.967 bits per heavy atom. The molecule has 2 atom stereocenters. The molecule has 4 nitrogen and oxygen atoms in total. The Morgan fingerprint density at radius 3 is 1.78 bits per heavy atom. The van der Waals surface area contributed by atoms with Gasteiger partial charge in [-0.15, -0.1) is 0 Å². The Balaban J connectivity index is 1.15. The zero-order valence-electron chi connectivity index (χ0n) is 32.6. The summed E-state index contributed by atoms with van der Waals surface area (Å²) in [6.07, 6.45) is -0.276. The number of fused-ring (bicyclic) bond motifs is 10. The minimum atomic E-state index is -0.276. The van der Waals surface area contributed by atoms with Crippen molar-refractivity contribution in [3.8, 4) is 16.8 Å². The van der Waals surface area contributed by atoms with Gasteiger partial charge in [-0.25, -0.2) is 4.90 Å². The number of amidine groups is 1. The number of aliphatic imine (C=N–C) groups is 1. The van der Waals surface area contributed by atoms with E-state index in [1.807, 2.05) is 0 Å². The molecular weight excluding hydrogens is 729 g/mol. The summed E-state index contributed by atoms with van der Waals surface area (Å²) in [6, 6.07) is 77.5. The summed E-state index contributed by atoms with van der Waals surface area (Å²) < 4.78 is 5.06. The van der Waals surface area contributed by atoms with Crippen LogP contribution in [0.15, 0.2) is 217 Å². The highest BCUT2D eigenvalue weighted by atomic mass is 15.5. The van der Waals surface area contributed by atoms with E-state index in [9.17, 15) is 0 Å². The van der Waals surface area contributed by atoms with Gasteiger partial charge in [0.1, 0.15) is 5.69 Å². The topological polar surface area (TPSA) is 26.7 Å². The van der Waals surface area contributed by atoms with E-state index in [0.717, 1.165) is 22.4 Å². The molecule has 0 fully saturated rings. The molecule has 2 aromatic heterocycles. The normalized spacial score (nSPS) is 15.4. The fourth-order valence-electron chi connectivity index (χ4n) is 10.3. The van der Waals surface area contributed by atoms with Crippen molar-refractivity contribution in [2.45, 2.75) is 6.29 Å². The fourth-order valence-corrected chi connectivity index (χ4v) is 10.3. The summed E-state index contributed by atoms with van der Waals surface area (Å²) in [6.45, 7) is 0. The van der Waals surface area contributed by atoms with Gasteiger partial charge in [0.05, 0.1) is 33.3 Å². The monoisotopic (exact) mass is 765 g/mol. The SMILES string of the molecule is c1ccc(-c2ccccc2[NH+]2C(c3cccc4ccccc34)=NC2n2c3ccccc3c3c(-n4c5ccccc5c5c6ccccc6ccc54)c4ccccc4cc32)cc1. The van der Waals surface area contributed by atoms with Crippen LogP contribution < -0.4 is 4.90 Å². The van der Waals surface area contributed by atoms with E-state index in [4.69, 9.17) is 4.99 Å². The number of quaternary nitrogens is 1. The van der Waals surface area contributed by atoms with E-state index in [1.165, 1.54) is 92.3 Å². The van der Waals surface area contributed by atoms with Gasteiger partial charge < -0.3 is 4.57 Å². The number of hydrogen-bond donors (Lipinski definition) is 1. The molecule has 0 radical (unpaired) electrons. The molecule has 0 amide bonds. The second-order valence-corrected chi connectivity index (χ2v) is 16.0. The highest BCUT2D eigenvalue weighted by Crippen LogP contribution is 2.45. The van der Waals surface area contributed by atoms with Gasteiger partial charge >= 0.3 is 0 Å². The Kier molecular flexibility index (Phi) is 7.12. The fraction of sp³-hybridized carbons (Fsp3) is 0.0179. The van der Waals surface area contributed by atoms with Crippen LogP contribution in [0.1, 0.15) is 11.9 Å². The number of aromatic nitrogens is 2. The van der Waals surface area contributed by atoms with Crippen molar-refractivity contribution in [2.75, 3.05) is 0 Å². The highest BCUT2D eigenvalue weighted by Gasteiger charge is 2.44. The van der Waals surface area contributed by atoms with Gasteiger partial charge in [0, 0.05) is 38.6 Å². The molecule has 10 aromatic carbocycles. The van der Waals surface area contributed by atoms with Crippen LogP contribution in [0.3, 0.4) is 0 Å². The molecule has 280 valence electrons. The average Bonchev–Trinajstić information content (AvgIpc) is 3.81. The molecule has 0 saturated heterocycles. The summed E-state index contributed by atoms with van der Waals surface area (Å²) in [5, 5.41) is 12.3. The van der Waals surface area contributed by atoms with Crippen LogP contribution in [0.4, 0.5) is 5.69 Å². The summed E-state index contributed by atoms with van der Waals surface area (Å²) in [7, 11) is 0. The maximum atomic E-state index is 5.72. The molecule has 1 aliphatic heterocycles. The lowest BCUT2D eigenvalue weighted by Gasteiger charge is -2.36. The minimum Gasteiger partial charge on any atom is -0.308 e. The van der Waals surface area contributed by atoms with Crippen molar-refractivity contribution in [2.24, 2.45) is 4.99 Å². The molecule has 1 aliphatic rings. The lowest BCUT2D eigenvalue weighted by atomic mass is 9.99. The van der Waals surface area contributed by atoms with Crippen molar-refractivity contribution >= 4 is 87.5 Å². The number of para-hydroxylation sites is 3. The molecule has 0 bridgehead atoms. The second-order valence-electron chi connectivity index (χ2n) is 16.0. The number of rotatable bonds is 5. The third-order valence-electron chi connectivity index (χ3n) is 12.8. The Labute approximate surface area is 346 Å². The lowest BCUT2D eigenvalue weighted by Crippen LogP contribution is -3.15. The average molecular weight is 766 g/mol. The third-order valence-corrected chi connectivity index (χ3v) is 12.8. The van der Waals surface area contributed by atoms with E-state index >= 15 is 0 Å². The van der Waals surface area contributed by atoms with Gasteiger partial charge in [-0.1, -0.05) is 170 Å². The lowest BCUT2D eigenvalue weighted by molar-refractivity contribution is -0.804. The van der Waals surface area contributed by atoms with Gasteiger partial charge in [0.25, 0.3) is 6.29 Å². The first-order valence-corrected chi connectivity index (χ1v) is 20.8. The summed E-state index contributed by atoms with van der Waals surface area (Å²) in [4.78, 5) is 6.95. The van der Waals surface area contributed by atoms with Crippen molar-refractivity contribution < 1.29 is 4.90 Å². The first-order valence-electron chi connectivity index (χ1n) is 20.8. The number of nitrogens with zero attached hydrogens (tertiary/aromatic N) is 3. The van der Waals surface area contributed by atoms with Crippen molar-refractivity contribution in [1.82, 2.24) is 9.13 Å². The van der Waals surface area contributed by atoms with Crippen LogP contribution in [0.2, 0.25) is 0 Å². The van der Waals surface area contributed by atoms with E-state index in [0.29, 0.717) is 0 Å². The van der Waals surface area contributed by atoms with Gasteiger partial charge in [-0.3, -0.25) is 4.57 Å². The first-order chi connectivity index (χ1) is 29.8. The molecule has 0 spiro atoms. The van der Waals surface area contributed by atoms with Crippen LogP contribution in [-0.4, -0.2) is 15.0 Å². The largest absolute Gasteiger partial charge is 0.308 e. The first kappa shape index (κ1) is 33.2. The van der Waals surface area contributed by atoms with Gasteiger partial charge in [-0.05, 0) is 68.9 Å². The Morgan fingerprint density at radius 1 is 0.383 bits per heavy atom. The molecule has 2 unspecified atom stereocenters. The molecular formula is C56H37N4+. The van der Waals surface area contributed by atoms with Crippen LogP contribution >= 0.6 is 0 Å². The quantitative estimate of drug-likeness (QED) is 0.181. The zero-order chi connectivity index (χ0) is 39.3. The molecule has 4 heteroatoms. The van der Waals surface area contributed by atoms with Crippen molar-refractivity contribution in [3.05, 3.63) is 218 Å². The second kappa shape index (κ2) is 12.9. The molecule has 3 heterocycles. The number of nitrogens with one attached hydrogen (secondary N) is 1.